The van der Waals surface area contributed by atoms with Crippen LogP contribution in [0.15, 0.2) is 18.2 Å². The first-order valence-corrected chi connectivity index (χ1v) is 5.53. The third kappa shape index (κ3) is 2.09. The van der Waals surface area contributed by atoms with E-state index in [4.69, 9.17) is 4.74 Å². The first-order chi connectivity index (χ1) is 6.53. The van der Waals surface area contributed by atoms with Gasteiger partial charge in [0.25, 0.3) is 0 Å². The van der Waals surface area contributed by atoms with Gasteiger partial charge in [0.15, 0.2) is 0 Å². The molecule has 1 rings (SSSR count). The summed E-state index contributed by atoms with van der Waals surface area (Å²) in [6.45, 7) is 6.69. The Morgan fingerprint density at radius 3 is 2.50 bits per heavy atom. The number of benzene rings is 1. The molecule has 0 spiro atoms. The van der Waals surface area contributed by atoms with Gasteiger partial charge in [-0.1, -0.05) is 39.0 Å². The van der Waals surface area contributed by atoms with Crippen molar-refractivity contribution in [2.24, 2.45) is 0 Å². The van der Waals surface area contributed by atoms with Crippen molar-refractivity contribution in [3.63, 3.8) is 0 Å². The van der Waals surface area contributed by atoms with Gasteiger partial charge in [0.05, 0.1) is 7.11 Å². The van der Waals surface area contributed by atoms with E-state index in [-0.39, 0.29) is 5.41 Å². The van der Waals surface area contributed by atoms with Gasteiger partial charge in [-0.15, -0.1) is 9.24 Å². The predicted octanol–water partition coefficient (Wildman–Crippen LogP) is 2.88. The van der Waals surface area contributed by atoms with E-state index in [1.807, 2.05) is 0 Å². The highest BCUT2D eigenvalue weighted by Gasteiger charge is 2.22. The average Bonchev–Trinajstić information content (AvgIpc) is 2.17. The van der Waals surface area contributed by atoms with E-state index >= 15 is 0 Å². The van der Waals surface area contributed by atoms with Crippen LogP contribution in [0.2, 0.25) is 0 Å². The van der Waals surface area contributed by atoms with E-state index in [1.54, 1.807) is 7.11 Å². The summed E-state index contributed by atoms with van der Waals surface area (Å²) >= 11 is 0. The van der Waals surface area contributed by atoms with Gasteiger partial charge in [-0.05, 0) is 11.8 Å². The molecule has 78 valence electrons. The molecule has 0 aliphatic rings. The Labute approximate surface area is 89.1 Å². The number of hydrogen-bond acceptors (Lipinski definition) is 1. The summed E-state index contributed by atoms with van der Waals surface area (Å²) in [7, 11) is 4.45. The highest BCUT2D eigenvalue weighted by Crippen LogP contribution is 2.33. The lowest BCUT2D eigenvalue weighted by Crippen LogP contribution is -2.19. The molecular weight excluding hydrogens is 191 g/mol. The van der Waals surface area contributed by atoms with Crippen LogP contribution in [0.5, 0.6) is 5.75 Å². The lowest BCUT2D eigenvalue weighted by atomic mass is 9.82. The molecule has 0 heterocycles. The fraction of sp³-hybridized carbons (Fsp3) is 0.500. The molecule has 1 unspecified atom stereocenters. The molecule has 0 N–H and O–H groups in total. The highest BCUT2D eigenvalue weighted by atomic mass is 31.0. The number of ether oxygens (including phenoxy) is 1. The lowest BCUT2D eigenvalue weighted by molar-refractivity contribution is 0.392. The van der Waals surface area contributed by atoms with Gasteiger partial charge in [-0.3, -0.25) is 0 Å². The Bertz CT molecular complexity index is 318. The van der Waals surface area contributed by atoms with Gasteiger partial charge < -0.3 is 4.74 Å². The Morgan fingerprint density at radius 1 is 1.36 bits per heavy atom. The molecule has 0 saturated carbocycles. The maximum Gasteiger partial charge on any atom is 0.129 e. The summed E-state index contributed by atoms with van der Waals surface area (Å²) < 4.78 is 5.44. The second-order valence-corrected chi connectivity index (χ2v) is 4.79. The molecule has 14 heavy (non-hydrogen) atoms. The zero-order chi connectivity index (χ0) is 10.8. The predicted molar refractivity (Wildman–Crippen MR) is 65.7 cm³/mol. The monoisotopic (exact) mass is 210 g/mol. The van der Waals surface area contributed by atoms with Gasteiger partial charge in [0, 0.05) is 10.9 Å². The van der Waals surface area contributed by atoms with Crippen molar-refractivity contribution in [3.8, 4) is 5.75 Å². The Balaban J connectivity index is 3.27. The average molecular weight is 210 g/mol. The molecule has 1 aromatic carbocycles. The Morgan fingerprint density at radius 2 is 2.00 bits per heavy atom. The van der Waals surface area contributed by atoms with Crippen LogP contribution in [0.1, 0.15) is 32.8 Å². The van der Waals surface area contributed by atoms with Crippen molar-refractivity contribution >= 4 is 14.5 Å². The van der Waals surface area contributed by atoms with Crippen LogP contribution in [0, 0.1) is 0 Å². The van der Waals surface area contributed by atoms with E-state index in [0.717, 1.165) is 17.5 Å². The molecule has 0 aliphatic heterocycles. The minimum Gasteiger partial charge on any atom is -0.496 e. The summed E-state index contributed by atoms with van der Waals surface area (Å²) in [4.78, 5) is 0. The van der Waals surface area contributed by atoms with Gasteiger partial charge in [0.2, 0.25) is 0 Å². The standard InChI is InChI=1S/C12H19OP/c1-5-12(2,3)9-7-6-8-10(14)11(9)13-4/h6-8H,5,14H2,1-4H3. The minimum atomic E-state index is 0.178. The van der Waals surface area contributed by atoms with Crippen molar-refractivity contribution in [3.05, 3.63) is 23.8 Å². The van der Waals surface area contributed by atoms with Gasteiger partial charge in [-0.2, -0.15) is 0 Å². The fourth-order valence-electron chi connectivity index (χ4n) is 1.51. The van der Waals surface area contributed by atoms with Crippen molar-refractivity contribution in [1.29, 1.82) is 0 Å². The topological polar surface area (TPSA) is 9.23 Å². The first kappa shape index (κ1) is 11.5. The van der Waals surface area contributed by atoms with Crippen molar-refractivity contribution in [2.75, 3.05) is 7.11 Å². The van der Waals surface area contributed by atoms with Crippen LogP contribution >= 0.6 is 9.24 Å². The summed E-state index contributed by atoms with van der Waals surface area (Å²) in [5, 5.41) is 1.13. The van der Waals surface area contributed by atoms with E-state index in [1.165, 1.54) is 5.56 Å². The van der Waals surface area contributed by atoms with Crippen molar-refractivity contribution in [2.45, 2.75) is 32.6 Å². The van der Waals surface area contributed by atoms with Gasteiger partial charge >= 0.3 is 0 Å². The zero-order valence-electron chi connectivity index (χ0n) is 9.42. The third-order valence-electron chi connectivity index (χ3n) is 2.86. The molecule has 0 fully saturated rings. The quantitative estimate of drug-likeness (QED) is 0.697. The van der Waals surface area contributed by atoms with Crippen LogP contribution in [0.4, 0.5) is 0 Å². The summed E-state index contributed by atoms with van der Waals surface area (Å²) in [6.07, 6.45) is 1.11. The molecule has 0 aliphatic carbocycles. The van der Waals surface area contributed by atoms with Gasteiger partial charge in [-0.25, -0.2) is 0 Å². The van der Waals surface area contributed by atoms with E-state index in [2.05, 4.69) is 48.2 Å². The fourth-order valence-corrected chi connectivity index (χ4v) is 1.89. The maximum absolute atomic E-state index is 5.44. The Hall–Kier alpha value is -0.550. The second kappa shape index (κ2) is 4.31. The molecule has 0 amide bonds. The largest absolute Gasteiger partial charge is 0.496 e. The summed E-state index contributed by atoms with van der Waals surface area (Å²) in [6, 6.07) is 6.28. The smallest absolute Gasteiger partial charge is 0.129 e. The molecule has 1 nitrogen and oxygen atoms in total. The number of hydrogen-bond donors (Lipinski definition) is 0. The number of para-hydroxylation sites is 1. The Kier molecular flexibility index (Phi) is 3.55. The molecule has 2 heteroatoms. The van der Waals surface area contributed by atoms with E-state index < -0.39 is 0 Å². The van der Waals surface area contributed by atoms with E-state index in [0.29, 0.717) is 0 Å². The van der Waals surface area contributed by atoms with Crippen molar-refractivity contribution < 1.29 is 4.74 Å². The summed E-state index contributed by atoms with van der Waals surface area (Å²) in [5.74, 6) is 1.00. The van der Waals surface area contributed by atoms with Gasteiger partial charge in [0.1, 0.15) is 5.75 Å². The van der Waals surface area contributed by atoms with Crippen molar-refractivity contribution in [1.82, 2.24) is 0 Å². The zero-order valence-corrected chi connectivity index (χ0v) is 10.6. The van der Waals surface area contributed by atoms with Crippen LogP contribution in [-0.2, 0) is 5.41 Å². The normalized spacial score (nSPS) is 11.5. The minimum absolute atomic E-state index is 0.178. The molecule has 1 atom stereocenters. The molecule has 0 radical (unpaired) electrons. The highest BCUT2D eigenvalue weighted by molar-refractivity contribution is 7.27. The maximum atomic E-state index is 5.44. The van der Waals surface area contributed by atoms with E-state index in [9.17, 15) is 0 Å². The van der Waals surface area contributed by atoms with Crippen LogP contribution in [0.3, 0.4) is 0 Å². The van der Waals surface area contributed by atoms with Crippen LogP contribution in [0.25, 0.3) is 0 Å². The SMILES string of the molecule is CCC(C)(C)c1cccc(P)c1OC. The lowest BCUT2D eigenvalue weighted by Gasteiger charge is -2.26. The second-order valence-electron chi connectivity index (χ2n) is 4.17. The number of rotatable bonds is 3. The summed E-state index contributed by atoms with van der Waals surface area (Å²) in [5.41, 5.74) is 1.47. The third-order valence-corrected chi connectivity index (χ3v) is 3.32. The first-order valence-electron chi connectivity index (χ1n) is 4.96. The molecule has 0 bridgehead atoms. The molecule has 0 aromatic heterocycles. The number of methoxy groups -OCH3 is 1. The molecule has 1 aromatic rings. The molecular formula is C12H19OP. The van der Waals surface area contributed by atoms with Crippen LogP contribution in [-0.4, -0.2) is 7.11 Å². The molecule has 0 saturated heterocycles. The van der Waals surface area contributed by atoms with Crippen LogP contribution < -0.4 is 10.0 Å².